The van der Waals surface area contributed by atoms with E-state index in [0.29, 0.717) is 11.5 Å². The Hall–Kier alpha value is -4.12. The molecule has 0 amide bonds. The van der Waals surface area contributed by atoms with Crippen molar-refractivity contribution in [3.8, 4) is 28.7 Å². The van der Waals surface area contributed by atoms with Crippen LogP contribution in [0, 0.1) is 34.6 Å². The molecule has 0 saturated heterocycles. The summed E-state index contributed by atoms with van der Waals surface area (Å²) in [5.41, 5.74) is 6.61. The van der Waals surface area contributed by atoms with Crippen molar-refractivity contribution in [3.63, 3.8) is 0 Å². The maximum atomic E-state index is 10.5. The predicted molar refractivity (Wildman–Crippen MR) is 136 cm³/mol. The molecule has 4 rings (SSSR count). The van der Waals surface area contributed by atoms with Crippen molar-refractivity contribution in [2.45, 2.75) is 34.6 Å². The Labute approximate surface area is 200 Å². The van der Waals surface area contributed by atoms with E-state index in [1.54, 1.807) is 24.3 Å². The standard InChI is InChI=1S/C29H29NO4/c1-17-12-25(20(4)28(32)14-17)30(26-13-18(2)15-29(33)21(26)5)22-7-10-23(11-8-22)34-24-9-6-19(3)27(31)16-24/h6-16,31-33H,1-5H3. The fraction of sp³-hybridized carbons (Fsp3) is 0.172. The Bertz CT molecular complexity index is 1300. The molecule has 5 nitrogen and oxygen atoms in total. The summed E-state index contributed by atoms with van der Waals surface area (Å²) in [7, 11) is 0. The van der Waals surface area contributed by atoms with Crippen molar-refractivity contribution in [2.24, 2.45) is 0 Å². The lowest BCUT2D eigenvalue weighted by molar-refractivity contribution is 0.452. The number of aromatic hydroxyl groups is 3. The van der Waals surface area contributed by atoms with E-state index >= 15 is 0 Å². The number of rotatable bonds is 5. The monoisotopic (exact) mass is 455 g/mol. The molecule has 0 heterocycles. The van der Waals surface area contributed by atoms with Crippen LogP contribution in [0.4, 0.5) is 17.1 Å². The molecule has 34 heavy (non-hydrogen) atoms. The molecule has 174 valence electrons. The number of aryl methyl sites for hydroxylation is 3. The van der Waals surface area contributed by atoms with Crippen molar-refractivity contribution in [1.82, 2.24) is 0 Å². The Morgan fingerprint density at radius 3 is 1.56 bits per heavy atom. The highest BCUT2D eigenvalue weighted by Crippen LogP contribution is 2.43. The van der Waals surface area contributed by atoms with Gasteiger partial charge in [0.05, 0.1) is 11.4 Å². The van der Waals surface area contributed by atoms with Gasteiger partial charge in [0.2, 0.25) is 0 Å². The molecule has 0 radical (unpaired) electrons. The second kappa shape index (κ2) is 9.02. The maximum absolute atomic E-state index is 10.5. The molecule has 4 aromatic rings. The number of benzene rings is 4. The third kappa shape index (κ3) is 4.50. The molecule has 0 aliphatic carbocycles. The molecule has 4 aromatic carbocycles. The first kappa shape index (κ1) is 23.1. The molecular weight excluding hydrogens is 426 g/mol. The molecule has 0 bridgehead atoms. The topological polar surface area (TPSA) is 73.2 Å². The first-order valence-corrected chi connectivity index (χ1v) is 11.1. The van der Waals surface area contributed by atoms with Gasteiger partial charge in [0, 0.05) is 22.9 Å². The zero-order valence-corrected chi connectivity index (χ0v) is 20.0. The summed E-state index contributed by atoms with van der Waals surface area (Å²) in [5, 5.41) is 31.0. The predicted octanol–water partition coefficient (Wildman–Crippen LogP) is 7.61. The van der Waals surface area contributed by atoms with Crippen LogP contribution >= 0.6 is 0 Å². The van der Waals surface area contributed by atoms with Gasteiger partial charge >= 0.3 is 0 Å². The van der Waals surface area contributed by atoms with Crippen LogP contribution in [0.3, 0.4) is 0 Å². The van der Waals surface area contributed by atoms with Gasteiger partial charge in [0.15, 0.2) is 0 Å². The number of nitrogens with zero attached hydrogens (tertiary/aromatic N) is 1. The fourth-order valence-corrected chi connectivity index (χ4v) is 3.97. The van der Waals surface area contributed by atoms with Gasteiger partial charge in [-0.2, -0.15) is 0 Å². The zero-order chi connectivity index (χ0) is 24.6. The minimum absolute atomic E-state index is 0.185. The molecule has 0 aromatic heterocycles. The van der Waals surface area contributed by atoms with Gasteiger partial charge in [-0.3, -0.25) is 0 Å². The van der Waals surface area contributed by atoms with Crippen molar-refractivity contribution < 1.29 is 20.1 Å². The van der Waals surface area contributed by atoms with Gasteiger partial charge < -0.3 is 25.0 Å². The Morgan fingerprint density at radius 1 is 0.559 bits per heavy atom. The highest BCUT2D eigenvalue weighted by Gasteiger charge is 2.20. The molecule has 0 aliphatic rings. The third-order valence-electron chi connectivity index (χ3n) is 5.99. The number of hydrogen-bond acceptors (Lipinski definition) is 5. The second-order valence-electron chi connectivity index (χ2n) is 8.74. The smallest absolute Gasteiger partial charge is 0.131 e. The van der Waals surface area contributed by atoms with Gasteiger partial charge in [-0.15, -0.1) is 0 Å². The van der Waals surface area contributed by atoms with Gasteiger partial charge in [0.1, 0.15) is 28.7 Å². The number of ether oxygens (including phenoxy) is 1. The third-order valence-corrected chi connectivity index (χ3v) is 5.99. The summed E-state index contributed by atoms with van der Waals surface area (Å²) in [6, 6.07) is 20.3. The first-order chi connectivity index (χ1) is 16.1. The molecule has 0 atom stereocenters. The number of phenols is 3. The van der Waals surface area contributed by atoms with E-state index in [-0.39, 0.29) is 17.2 Å². The quantitative estimate of drug-likeness (QED) is 0.289. The summed E-state index contributed by atoms with van der Waals surface area (Å²) >= 11 is 0. The fourth-order valence-electron chi connectivity index (χ4n) is 3.97. The van der Waals surface area contributed by atoms with E-state index in [2.05, 4.69) is 0 Å². The molecule has 0 spiro atoms. The highest BCUT2D eigenvalue weighted by molar-refractivity contribution is 5.83. The lowest BCUT2D eigenvalue weighted by Gasteiger charge is -2.30. The number of phenolic OH excluding ortho intramolecular Hbond substituents is 3. The average molecular weight is 456 g/mol. The van der Waals surface area contributed by atoms with Crippen molar-refractivity contribution in [3.05, 3.63) is 94.5 Å². The molecule has 0 unspecified atom stereocenters. The number of hydrogen-bond donors (Lipinski definition) is 3. The maximum Gasteiger partial charge on any atom is 0.131 e. The van der Waals surface area contributed by atoms with Crippen LogP contribution < -0.4 is 9.64 Å². The van der Waals surface area contributed by atoms with E-state index in [4.69, 9.17) is 4.74 Å². The summed E-state index contributed by atoms with van der Waals surface area (Å²) in [6.45, 7) is 9.47. The zero-order valence-electron chi connectivity index (χ0n) is 20.0. The summed E-state index contributed by atoms with van der Waals surface area (Å²) in [5.74, 6) is 1.79. The molecule has 0 fully saturated rings. The van der Waals surface area contributed by atoms with Gasteiger partial charge in [-0.1, -0.05) is 6.07 Å². The molecule has 0 saturated carbocycles. The summed E-state index contributed by atoms with van der Waals surface area (Å²) in [4.78, 5) is 2.03. The normalized spacial score (nSPS) is 10.9. The average Bonchev–Trinajstić information content (AvgIpc) is 2.78. The summed E-state index contributed by atoms with van der Waals surface area (Å²) in [6.07, 6.45) is 0. The van der Waals surface area contributed by atoms with E-state index in [1.807, 2.05) is 82.0 Å². The van der Waals surface area contributed by atoms with Gasteiger partial charge in [0.25, 0.3) is 0 Å². The van der Waals surface area contributed by atoms with E-state index in [0.717, 1.165) is 44.9 Å². The molecule has 5 heteroatoms. The molecule has 3 N–H and O–H groups in total. The van der Waals surface area contributed by atoms with Gasteiger partial charge in [-0.25, -0.2) is 0 Å². The lowest BCUT2D eigenvalue weighted by Crippen LogP contribution is -2.13. The van der Waals surface area contributed by atoms with Crippen LogP contribution in [0.25, 0.3) is 0 Å². The Kier molecular flexibility index (Phi) is 6.12. The van der Waals surface area contributed by atoms with Crippen LogP contribution in [0.15, 0.2) is 66.7 Å². The van der Waals surface area contributed by atoms with Crippen molar-refractivity contribution in [1.29, 1.82) is 0 Å². The van der Waals surface area contributed by atoms with Gasteiger partial charge in [-0.05, 0) is 106 Å². The van der Waals surface area contributed by atoms with E-state index < -0.39 is 0 Å². The Balaban J connectivity index is 1.81. The lowest BCUT2D eigenvalue weighted by atomic mass is 10.0. The number of anilines is 3. The first-order valence-electron chi connectivity index (χ1n) is 11.1. The Morgan fingerprint density at radius 2 is 1.06 bits per heavy atom. The second-order valence-corrected chi connectivity index (χ2v) is 8.74. The molecular formula is C29H29NO4. The summed E-state index contributed by atoms with van der Waals surface area (Å²) < 4.78 is 5.93. The largest absolute Gasteiger partial charge is 0.508 e. The van der Waals surface area contributed by atoms with Crippen LogP contribution in [-0.2, 0) is 0 Å². The van der Waals surface area contributed by atoms with Crippen molar-refractivity contribution in [2.75, 3.05) is 4.90 Å². The van der Waals surface area contributed by atoms with Crippen molar-refractivity contribution >= 4 is 17.1 Å². The van der Waals surface area contributed by atoms with E-state index in [9.17, 15) is 15.3 Å². The van der Waals surface area contributed by atoms with Crippen LogP contribution in [-0.4, -0.2) is 15.3 Å². The van der Waals surface area contributed by atoms with Crippen LogP contribution in [0.5, 0.6) is 28.7 Å². The van der Waals surface area contributed by atoms with Crippen LogP contribution in [0.1, 0.15) is 27.8 Å². The minimum Gasteiger partial charge on any atom is -0.508 e. The minimum atomic E-state index is 0.185. The van der Waals surface area contributed by atoms with E-state index in [1.165, 1.54) is 0 Å². The SMILES string of the molecule is Cc1cc(O)c(C)c(N(c2ccc(Oc3ccc(C)c(O)c3)cc2)c2cc(C)cc(O)c2C)c1. The molecule has 0 aliphatic heterocycles. The van der Waals surface area contributed by atoms with Crippen LogP contribution in [0.2, 0.25) is 0 Å². The highest BCUT2D eigenvalue weighted by atomic mass is 16.5.